The Morgan fingerprint density at radius 3 is 2.57 bits per heavy atom. The third kappa shape index (κ3) is 5.91. The van der Waals surface area contributed by atoms with E-state index < -0.39 is 16.2 Å². The molecule has 3 rings (SSSR count). The molecule has 0 aromatic carbocycles. The quantitative estimate of drug-likeness (QED) is 0.635. The zero-order valence-electron chi connectivity index (χ0n) is 18.7. The van der Waals surface area contributed by atoms with Crippen LogP contribution in [-0.2, 0) is 22.0 Å². The number of nitrogens with one attached hydrogen (secondary N) is 1. The molecular formula is C19H32N5NaO4S. The molecule has 2 unspecified atom stereocenters. The second-order valence-corrected chi connectivity index (χ2v) is 10.3. The predicted octanol–water partition coefficient (Wildman–Crippen LogP) is -0.0476. The minimum atomic E-state index is -4.23. The number of aromatic nitrogens is 2. The Balaban J connectivity index is 0.00000320. The van der Waals surface area contributed by atoms with Gasteiger partial charge in [-0.1, -0.05) is 33.6 Å². The number of amides is 2. The zero-order valence-corrected chi connectivity index (χ0v) is 21.5. The standard InChI is InChI=1S/C19H33N5O4S.Na/c1-14-6-5-9-19(2,3)17(14)21-18(25)22-29(26,27)24(15-7-10-28-11-8-15)16-12-20-23(4)13-16;/h12-15,17H,5-11H2,1-4H3,(H2,21,22,25);/q;+1/p-1. The molecule has 1 aliphatic carbocycles. The maximum Gasteiger partial charge on any atom is 1.00 e. The van der Waals surface area contributed by atoms with Gasteiger partial charge in [0.05, 0.1) is 11.9 Å². The van der Waals surface area contributed by atoms with E-state index in [1.54, 1.807) is 13.2 Å². The van der Waals surface area contributed by atoms with Crippen molar-refractivity contribution >= 4 is 21.9 Å². The molecule has 2 amide bonds. The smallest absolute Gasteiger partial charge is 0.445 e. The van der Waals surface area contributed by atoms with Crippen LogP contribution >= 0.6 is 0 Å². The van der Waals surface area contributed by atoms with E-state index in [-0.39, 0.29) is 53.0 Å². The van der Waals surface area contributed by atoms with Gasteiger partial charge in [-0.2, -0.15) is 5.10 Å². The topological polar surface area (TPSA) is 108 Å². The maximum atomic E-state index is 13.2. The fourth-order valence-corrected chi connectivity index (χ4v) is 5.89. The monoisotopic (exact) mass is 449 g/mol. The van der Waals surface area contributed by atoms with Gasteiger partial charge in [-0.3, -0.25) is 13.8 Å². The van der Waals surface area contributed by atoms with Crippen LogP contribution in [0.5, 0.6) is 0 Å². The number of carbonyl (C=O) groups excluding carboxylic acids is 1. The van der Waals surface area contributed by atoms with Gasteiger partial charge >= 0.3 is 29.6 Å². The Hall–Kier alpha value is -0.810. The molecule has 1 aromatic heterocycles. The fraction of sp³-hybridized carbons (Fsp3) is 0.789. The molecule has 0 radical (unpaired) electrons. The van der Waals surface area contributed by atoms with Crippen LogP contribution in [0.1, 0.15) is 52.9 Å². The Labute approximate surface area is 201 Å². The van der Waals surface area contributed by atoms with Gasteiger partial charge in [0.1, 0.15) is 0 Å². The maximum absolute atomic E-state index is 13.2. The average molecular weight is 450 g/mol. The van der Waals surface area contributed by atoms with Crippen LogP contribution < -0.4 is 39.2 Å². The molecule has 2 heterocycles. The van der Waals surface area contributed by atoms with Crippen LogP contribution in [0.25, 0.3) is 4.72 Å². The van der Waals surface area contributed by atoms with Crippen molar-refractivity contribution in [2.45, 2.75) is 65.0 Å². The van der Waals surface area contributed by atoms with Crippen LogP contribution in [0.2, 0.25) is 0 Å². The van der Waals surface area contributed by atoms with Gasteiger partial charge < -0.3 is 14.8 Å². The first kappa shape index (κ1) is 25.5. The normalized spacial score (nSPS) is 24.5. The van der Waals surface area contributed by atoms with Gasteiger partial charge in [0, 0.05) is 32.5 Å². The van der Waals surface area contributed by atoms with Crippen molar-refractivity contribution < 1.29 is 47.5 Å². The van der Waals surface area contributed by atoms with E-state index >= 15 is 0 Å². The number of nitrogens with zero attached hydrogens (tertiary/aromatic N) is 4. The second-order valence-electron chi connectivity index (χ2n) is 8.87. The number of urea groups is 1. The third-order valence-electron chi connectivity index (χ3n) is 6.09. The molecule has 0 bridgehead atoms. The summed E-state index contributed by atoms with van der Waals surface area (Å²) in [6.07, 6.45) is 7.27. The number of aryl methyl sites for hydroxylation is 1. The Morgan fingerprint density at radius 2 is 2.00 bits per heavy atom. The van der Waals surface area contributed by atoms with E-state index in [4.69, 9.17) is 4.74 Å². The van der Waals surface area contributed by atoms with Crippen LogP contribution in [-0.4, -0.2) is 49.5 Å². The first-order valence-corrected chi connectivity index (χ1v) is 11.6. The van der Waals surface area contributed by atoms with Gasteiger partial charge in [0.25, 0.3) is 10.2 Å². The number of carbonyl (C=O) groups is 1. The van der Waals surface area contributed by atoms with Gasteiger partial charge in [-0.25, -0.2) is 8.42 Å². The van der Waals surface area contributed by atoms with Crippen LogP contribution in [0.3, 0.4) is 0 Å². The molecular weight excluding hydrogens is 417 g/mol. The van der Waals surface area contributed by atoms with Crippen molar-refractivity contribution in [1.82, 2.24) is 15.1 Å². The summed E-state index contributed by atoms with van der Waals surface area (Å²) >= 11 is 0. The molecule has 1 N–H and O–H groups in total. The van der Waals surface area contributed by atoms with Crippen LogP contribution in [0.15, 0.2) is 12.4 Å². The minimum Gasteiger partial charge on any atom is -0.445 e. The minimum absolute atomic E-state index is 0. The number of anilines is 1. The van der Waals surface area contributed by atoms with E-state index in [1.165, 1.54) is 15.2 Å². The zero-order chi connectivity index (χ0) is 21.2. The number of ether oxygens (including phenoxy) is 1. The summed E-state index contributed by atoms with van der Waals surface area (Å²) in [5.41, 5.74) is 0.304. The summed E-state index contributed by atoms with van der Waals surface area (Å²) in [7, 11) is -2.51. The van der Waals surface area contributed by atoms with Crippen molar-refractivity contribution in [2.24, 2.45) is 18.4 Å². The number of hydrogen-bond acceptors (Lipinski definition) is 5. The molecule has 1 saturated carbocycles. The summed E-state index contributed by atoms with van der Waals surface area (Å²) in [4.78, 5) is 12.7. The average Bonchev–Trinajstić information content (AvgIpc) is 3.04. The molecule has 11 heteroatoms. The number of rotatable bonds is 5. The second kappa shape index (κ2) is 10.2. The molecule has 9 nitrogen and oxygen atoms in total. The van der Waals surface area contributed by atoms with E-state index in [1.807, 2.05) is 0 Å². The molecule has 30 heavy (non-hydrogen) atoms. The summed E-state index contributed by atoms with van der Waals surface area (Å²) in [5, 5.41) is 6.96. The summed E-state index contributed by atoms with van der Waals surface area (Å²) in [6.45, 7) is 7.23. The molecule has 2 fully saturated rings. The van der Waals surface area contributed by atoms with Gasteiger partial charge in [-0.15, -0.1) is 0 Å². The van der Waals surface area contributed by atoms with E-state index in [2.05, 4.69) is 35.9 Å². The molecule has 1 saturated heterocycles. The Kier molecular flexibility index (Phi) is 8.66. The molecule has 1 aliphatic heterocycles. The van der Waals surface area contributed by atoms with E-state index in [0.29, 0.717) is 31.7 Å². The first-order valence-electron chi connectivity index (χ1n) is 10.2. The van der Waals surface area contributed by atoms with Gasteiger partial charge in [0.2, 0.25) is 0 Å². The molecule has 2 aliphatic rings. The van der Waals surface area contributed by atoms with Gasteiger partial charge in [0.15, 0.2) is 6.03 Å². The Bertz CT molecular complexity index is 823. The largest absolute Gasteiger partial charge is 1.00 e. The van der Waals surface area contributed by atoms with Crippen molar-refractivity contribution in [3.05, 3.63) is 17.1 Å². The fourth-order valence-electron chi connectivity index (χ4n) is 4.59. The number of hydrogen-bond donors (Lipinski definition) is 1. The first-order chi connectivity index (χ1) is 13.6. The van der Waals surface area contributed by atoms with E-state index in [9.17, 15) is 13.2 Å². The summed E-state index contributed by atoms with van der Waals surface area (Å²) < 4.78 is 38.1. The van der Waals surface area contributed by atoms with Crippen molar-refractivity contribution in [3.63, 3.8) is 0 Å². The molecule has 2 atom stereocenters. The van der Waals surface area contributed by atoms with Gasteiger partial charge in [-0.05, 0) is 36.6 Å². The van der Waals surface area contributed by atoms with Crippen LogP contribution in [0, 0.1) is 11.3 Å². The van der Waals surface area contributed by atoms with Crippen molar-refractivity contribution in [3.8, 4) is 0 Å². The van der Waals surface area contributed by atoms with Crippen molar-refractivity contribution in [1.29, 1.82) is 0 Å². The SMILES string of the molecule is CC1CCCC(C)(C)C1NC(=O)[N-]S(=O)(=O)N(c1cnn(C)c1)C1CCOCC1.[Na+]. The van der Waals surface area contributed by atoms with E-state index in [0.717, 1.165) is 19.3 Å². The van der Waals surface area contributed by atoms with Crippen molar-refractivity contribution in [2.75, 3.05) is 17.5 Å². The predicted molar refractivity (Wildman–Crippen MR) is 111 cm³/mol. The molecule has 164 valence electrons. The molecule has 1 aromatic rings. The summed E-state index contributed by atoms with van der Waals surface area (Å²) in [6, 6.07) is -1.24. The van der Waals surface area contributed by atoms with Crippen LogP contribution in [0.4, 0.5) is 10.5 Å². The molecule has 0 spiro atoms. The Morgan fingerprint density at radius 1 is 1.33 bits per heavy atom. The third-order valence-corrected chi connectivity index (χ3v) is 7.49. The summed E-state index contributed by atoms with van der Waals surface area (Å²) in [5.74, 6) is 0.269.